The number of hydrazine groups is 1. The van der Waals surface area contributed by atoms with E-state index in [2.05, 4.69) is 26.2 Å². The molecule has 0 aromatic heterocycles. The SMILES string of the molecule is C/C(=N/NC(=S)NN)[C@H](C(=O)Nc1ccccc1C)[C@@H](N1CCCCC1)C(Cl)(Cl)Cl. The Hall–Kier alpha value is -1.16. The number of carbonyl (C=O) groups excluding carboxylic acids is 1. The molecular weight excluding hydrogens is 467 g/mol. The van der Waals surface area contributed by atoms with Gasteiger partial charge in [-0.1, -0.05) is 59.4 Å². The summed E-state index contributed by atoms with van der Waals surface area (Å²) in [6.07, 6.45) is 3.05. The monoisotopic (exact) mass is 492 g/mol. The maximum Gasteiger partial charge on any atom is 0.235 e. The second-order valence-corrected chi connectivity index (χ2v) is 9.98. The summed E-state index contributed by atoms with van der Waals surface area (Å²) in [6, 6.07) is 6.78. The maximum absolute atomic E-state index is 13.5. The summed E-state index contributed by atoms with van der Waals surface area (Å²) in [5, 5.41) is 7.30. The summed E-state index contributed by atoms with van der Waals surface area (Å²) in [7, 11) is 0. The van der Waals surface area contributed by atoms with Crippen LogP contribution in [0.15, 0.2) is 29.4 Å². The highest BCUT2D eigenvalue weighted by Gasteiger charge is 2.47. The van der Waals surface area contributed by atoms with Crippen molar-refractivity contribution in [3.8, 4) is 0 Å². The van der Waals surface area contributed by atoms with Crippen molar-refractivity contribution in [1.29, 1.82) is 0 Å². The van der Waals surface area contributed by atoms with Crippen LogP contribution in [0.1, 0.15) is 31.7 Å². The zero-order valence-corrected chi connectivity index (χ0v) is 20.0. The van der Waals surface area contributed by atoms with Gasteiger partial charge >= 0.3 is 0 Å². The van der Waals surface area contributed by atoms with Gasteiger partial charge in [-0.25, -0.2) is 5.84 Å². The summed E-state index contributed by atoms with van der Waals surface area (Å²) in [5.74, 6) is 4.12. The Morgan fingerprint density at radius 3 is 2.43 bits per heavy atom. The number of carbonyl (C=O) groups is 1. The van der Waals surface area contributed by atoms with E-state index in [1.165, 1.54) is 0 Å². The fourth-order valence-corrected chi connectivity index (χ4v) is 4.37. The number of rotatable bonds is 6. The van der Waals surface area contributed by atoms with E-state index in [4.69, 9.17) is 52.9 Å². The number of aryl methyl sites for hydroxylation is 1. The topological polar surface area (TPSA) is 94.8 Å². The van der Waals surface area contributed by atoms with E-state index in [0.717, 1.165) is 37.9 Å². The van der Waals surface area contributed by atoms with E-state index in [1.807, 2.05) is 31.2 Å². The van der Waals surface area contributed by atoms with Crippen molar-refractivity contribution in [2.45, 2.75) is 42.9 Å². The molecule has 1 aliphatic rings. The molecule has 30 heavy (non-hydrogen) atoms. The molecule has 1 aromatic rings. The third kappa shape index (κ3) is 6.93. The van der Waals surface area contributed by atoms with Crippen LogP contribution in [0.25, 0.3) is 0 Å². The van der Waals surface area contributed by atoms with Crippen molar-refractivity contribution in [3.05, 3.63) is 29.8 Å². The van der Waals surface area contributed by atoms with Crippen LogP contribution in [-0.4, -0.2) is 44.6 Å². The number of hydrogen-bond donors (Lipinski definition) is 4. The Morgan fingerprint density at radius 1 is 1.23 bits per heavy atom. The lowest BCUT2D eigenvalue weighted by atomic mass is 9.91. The molecule has 0 spiro atoms. The highest BCUT2D eigenvalue weighted by atomic mass is 35.6. The number of hydrazone groups is 1. The summed E-state index contributed by atoms with van der Waals surface area (Å²) in [6.45, 7) is 5.07. The number of para-hydroxylation sites is 1. The van der Waals surface area contributed by atoms with Crippen LogP contribution in [0.4, 0.5) is 5.69 Å². The van der Waals surface area contributed by atoms with Crippen LogP contribution in [0.3, 0.4) is 0 Å². The van der Waals surface area contributed by atoms with Gasteiger partial charge in [-0.15, -0.1) is 0 Å². The predicted molar refractivity (Wildman–Crippen MR) is 129 cm³/mol. The molecule has 5 N–H and O–H groups in total. The van der Waals surface area contributed by atoms with Crippen LogP contribution in [0, 0.1) is 12.8 Å². The van der Waals surface area contributed by atoms with Gasteiger partial charge in [0.1, 0.15) is 0 Å². The number of halogens is 3. The smallest absolute Gasteiger partial charge is 0.235 e. The Kier molecular flexibility index (Phi) is 9.59. The Balaban J connectivity index is 2.42. The Morgan fingerprint density at radius 2 is 1.87 bits per heavy atom. The first-order chi connectivity index (χ1) is 14.1. The Bertz CT molecular complexity index is 780. The van der Waals surface area contributed by atoms with Crippen LogP contribution in [0.5, 0.6) is 0 Å². The van der Waals surface area contributed by atoms with Gasteiger partial charge < -0.3 is 5.32 Å². The second-order valence-electron chi connectivity index (χ2n) is 7.20. The molecule has 2 atom stereocenters. The van der Waals surface area contributed by atoms with Crippen LogP contribution in [0.2, 0.25) is 0 Å². The first kappa shape index (κ1) is 25.1. The average molecular weight is 494 g/mol. The van der Waals surface area contributed by atoms with Gasteiger partial charge in [-0.2, -0.15) is 5.10 Å². The molecule has 1 saturated heterocycles. The molecule has 1 aromatic carbocycles. The summed E-state index contributed by atoms with van der Waals surface area (Å²) in [5.41, 5.74) is 6.92. The minimum Gasteiger partial charge on any atom is -0.325 e. The van der Waals surface area contributed by atoms with E-state index in [9.17, 15) is 4.79 Å². The minimum absolute atomic E-state index is 0.107. The maximum atomic E-state index is 13.5. The molecular formula is C19H27Cl3N6OS. The number of anilines is 1. The van der Waals surface area contributed by atoms with Gasteiger partial charge in [0, 0.05) is 11.4 Å². The highest BCUT2D eigenvalue weighted by Crippen LogP contribution is 2.39. The van der Waals surface area contributed by atoms with Crippen molar-refractivity contribution in [1.82, 2.24) is 15.8 Å². The zero-order chi connectivity index (χ0) is 22.3. The van der Waals surface area contributed by atoms with E-state index in [1.54, 1.807) is 6.92 Å². The van der Waals surface area contributed by atoms with Gasteiger partial charge in [-0.05, 0) is 63.6 Å². The summed E-state index contributed by atoms with van der Waals surface area (Å²) in [4.78, 5) is 15.5. The number of hydrogen-bond acceptors (Lipinski definition) is 5. The lowest BCUT2D eigenvalue weighted by Gasteiger charge is -2.42. The summed E-state index contributed by atoms with van der Waals surface area (Å²) < 4.78 is -1.71. The van der Waals surface area contributed by atoms with Crippen molar-refractivity contribution in [2.24, 2.45) is 16.9 Å². The molecule has 2 rings (SSSR count). The molecule has 166 valence electrons. The van der Waals surface area contributed by atoms with E-state index >= 15 is 0 Å². The largest absolute Gasteiger partial charge is 0.325 e. The van der Waals surface area contributed by atoms with Gasteiger partial charge in [-0.3, -0.25) is 20.5 Å². The fraction of sp³-hybridized carbons (Fsp3) is 0.526. The molecule has 0 unspecified atom stereocenters. The molecule has 0 bridgehead atoms. The second kappa shape index (κ2) is 11.5. The third-order valence-corrected chi connectivity index (χ3v) is 5.92. The number of nitrogens with zero attached hydrogens (tertiary/aromatic N) is 2. The van der Waals surface area contributed by atoms with Crippen LogP contribution in [-0.2, 0) is 4.79 Å². The number of likely N-dealkylation sites (tertiary alicyclic amines) is 1. The molecule has 0 radical (unpaired) electrons. The first-order valence-corrected chi connectivity index (χ1v) is 11.2. The highest BCUT2D eigenvalue weighted by molar-refractivity contribution is 7.80. The van der Waals surface area contributed by atoms with Gasteiger partial charge in [0.25, 0.3) is 0 Å². The predicted octanol–water partition coefficient (Wildman–Crippen LogP) is 3.49. The van der Waals surface area contributed by atoms with Gasteiger partial charge in [0.2, 0.25) is 14.8 Å². The molecule has 1 amide bonds. The van der Waals surface area contributed by atoms with E-state index in [0.29, 0.717) is 11.4 Å². The molecule has 0 saturated carbocycles. The number of alkyl halides is 3. The average Bonchev–Trinajstić information content (AvgIpc) is 2.71. The van der Waals surface area contributed by atoms with Crippen molar-refractivity contribution in [3.63, 3.8) is 0 Å². The first-order valence-electron chi connectivity index (χ1n) is 9.63. The molecule has 11 heteroatoms. The number of nitrogens with two attached hydrogens (primary N) is 1. The summed E-state index contributed by atoms with van der Waals surface area (Å²) >= 11 is 24.2. The number of benzene rings is 1. The number of nitrogens with one attached hydrogen (secondary N) is 3. The molecule has 1 fully saturated rings. The number of thiocarbonyl (C=S) groups is 1. The fourth-order valence-electron chi connectivity index (χ4n) is 3.53. The van der Waals surface area contributed by atoms with E-state index in [-0.39, 0.29) is 11.0 Å². The minimum atomic E-state index is -1.71. The van der Waals surface area contributed by atoms with Crippen molar-refractivity contribution >= 4 is 69.4 Å². The molecule has 7 nitrogen and oxygen atoms in total. The van der Waals surface area contributed by atoms with Crippen LogP contribution >= 0.6 is 47.0 Å². The van der Waals surface area contributed by atoms with Crippen molar-refractivity contribution < 1.29 is 4.79 Å². The van der Waals surface area contributed by atoms with Gasteiger partial charge in [0.15, 0.2) is 0 Å². The lowest BCUT2D eigenvalue weighted by molar-refractivity contribution is -0.119. The normalized spacial score (nSPS) is 17.7. The zero-order valence-electron chi connectivity index (χ0n) is 16.9. The number of amides is 1. The van der Waals surface area contributed by atoms with Crippen molar-refractivity contribution in [2.75, 3.05) is 18.4 Å². The molecule has 1 heterocycles. The van der Waals surface area contributed by atoms with E-state index < -0.39 is 15.8 Å². The standard InChI is InChI=1S/C19H27Cl3N6OS/c1-12-8-4-5-9-14(12)24-17(29)15(13(2)26-27-18(30)25-23)16(19(20,21)22)28-10-6-3-7-11-28/h4-5,8-9,15-16H,3,6-7,10-11,23H2,1-2H3,(H,24,29)(H2,25,27,30)/b26-13-/t15-,16+/m0/s1. The molecule has 1 aliphatic heterocycles. The quantitative estimate of drug-likeness (QED) is 0.159. The van der Waals surface area contributed by atoms with Crippen LogP contribution < -0.4 is 22.0 Å². The van der Waals surface area contributed by atoms with Gasteiger partial charge in [0.05, 0.1) is 12.0 Å². The lowest BCUT2D eigenvalue weighted by Crippen LogP contribution is -2.56. The molecule has 0 aliphatic carbocycles. The third-order valence-electron chi connectivity index (χ3n) is 5.04. The Labute approximate surface area is 197 Å². The number of piperidine rings is 1.